The number of hydrogen-bond donors (Lipinski definition) is 1. The summed E-state index contributed by atoms with van der Waals surface area (Å²) in [7, 11) is 0. The van der Waals surface area contributed by atoms with E-state index in [0.29, 0.717) is 24.2 Å². The van der Waals surface area contributed by atoms with Gasteiger partial charge in [-0.25, -0.2) is 4.98 Å². The van der Waals surface area contributed by atoms with Crippen molar-refractivity contribution in [2.24, 2.45) is 0 Å². The Kier molecular flexibility index (Phi) is 3.96. The van der Waals surface area contributed by atoms with E-state index in [0.717, 1.165) is 25.9 Å². The third-order valence-electron chi connectivity index (χ3n) is 3.61. The van der Waals surface area contributed by atoms with Crippen LogP contribution in [0, 0.1) is 6.92 Å². The molecule has 1 aliphatic heterocycles. The number of amides is 1. The first-order chi connectivity index (χ1) is 10.2. The molecule has 1 aliphatic rings. The lowest BCUT2D eigenvalue weighted by molar-refractivity contribution is -0.117. The predicted molar refractivity (Wildman–Crippen MR) is 74.5 cm³/mol. The molecule has 1 saturated heterocycles. The fraction of sp³-hybridized carbons (Fsp3) is 0.538. The van der Waals surface area contributed by atoms with Crippen molar-refractivity contribution >= 4 is 11.7 Å². The van der Waals surface area contributed by atoms with Crippen molar-refractivity contribution in [3.63, 3.8) is 0 Å². The molecular weight excluding hydrogens is 272 g/mol. The number of nitrogens with one attached hydrogen (secondary N) is 1. The molecule has 1 N–H and O–H groups in total. The average molecular weight is 290 g/mol. The molecule has 0 spiro atoms. The molecule has 1 amide bonds. The number of carbonyl (C=O) groups is 1. The summed E-state index contributed by atoms with van der Waals surface area (Å²) in [5.41, 5.74) is 0. The molecule has 0 radical (unpaired) electrons. The maximum absolute atomic E-state index is 12.1. The fourth-order valence-electron chi connectivity index (χ4n) is 2.65. The second kappa shape index (κ2) is 6.04. The van der Waals surface area contributed by atoms with E-state index in [-0.39, 0.29) is 5.91 Å². The van der Waals surface area contributed by atoms with Crippen LogP contribution in [0.3, 0.4) is 0 Å². The van der Waals surface area contributed by atoms with E-state index in [2.05, 4.69) is 25.5 Å². The number of anilines is 1. The predicted octanol–water partition coefficient (Wildman–Crippen LogP) is 0.678. The number of carbonyl (C=O) groups excluding carboxylic acids is 1. The molecule has 2 aromatic rings. The van der Waals surface area contributed by atoms with E-state index in [9.17, 15) is 4.79 Å². The first-order valence-electron chi connectivity index (χ1n) is 7.00. The van der Waals surface area contributed by atoms with Crippen LogP contribution < -0.4 is 5.32 Å². The number of nitrogens with zero attached hydrogens (tertiary/aromatic N) is 5. The highest BCUT2D eigenvalue weighted by Crippen LogP contribution is 2.18. The molecule has 3 rings (SSSR count). The zero-order valence-corrected chi connectivity index (χ0v) is 11.9. The topological polar surface area (TPSA) is 89.1 Å². The van der Waals surface area contributed by atoms with Gasteiger partial charge in [0, 0.05) is 12.1 Å². The molecule has 2 aromatic heterocycles. The fourth-order valence-corrected chi connectivity index (χ4v) is 2.65. The van der Waals surface area contributed by atoms with Crippen molar-refractivity contribution in [2.75, 3.05) is 18.4 Å². The lowest BCUT2D eigenvalue weighted by Crippen LogP contribution is -2.39. The maximum Gasteiger partial charge on any atom is 0.239 e. The molecule has 3 heterocycles. The Hall–Kier alpha value is -2.22. The normalized spacial score (nSPS) is 19.0. The Balaban J connectivity index is 1.54. The van der Waals surface area contributed by atoms with Crippen LogP contribution in [0.5, 0.6) is 0 Å². The van der Waals surface area contributed by atoms with Crippen molar-refractivity contribution in [2.45, 2.75) is 32.4 Å². The average Bonchev–Trinajstić information content (AvgIpc) is 3.15. The van der Waals surface area contributed by atoms with Crippen LogP contribution in [0.2, 0.25) is 0 Å². The molecule has 21 heavy (non-hydrogen) atoms. The van der Waals surface area contributed by atoms with Gasteiger partial charge in [-0.05, 0) is 26.3 Å². The van der Waals surface area contributed by atoms with Gasteiger partial charge in [0.15, 0.2) is 5.82 Å². The van der Waals surface area contributed by atoms with Gasteiger partial charge in [-0.15, -0.1) is 0 Å². The van der Waals surface area contributed by atoms with Crippen molar-refractivity contribution < 1.29 is 9.32 Å². The molecule has 112 valence electrons. The minimum atomic E-state index is -0.0752. The molecule has 0 aromatic carbocycles. The van der Waals surface area contributed by atoms with Crippen LogP contribution in [-0.2, 0) is 11.3 Å². The van der Waals surface area contributed by atoms with Gasteiger partial charge >= 0.3 is 0 Å². The summed E-state index contributed by atoms with van der Waals surface area (Å²) < 4.78 is 6.74. The number of aryl methyl sites for hydroxylation is 1. The number of likely N-dealkylation sites (tertiary alicyclic amines) is 1. The molecule has 0 saturated carbocycles. The highest BCUT2D eigenvalue weighted by Gasteiger charge is 2.26. The zero-order chi connectivity index (χ0) is 14.7. The van der Waals surface area contributed by atoms with E-state index >= 15 is 0 Å². The highest BCUT2D eigenvalue weighted by atomic mass is 16.5. The minimum Gasteiger partial charge on any atom is -0.360 e. The van der Waals surface area contributed by atoms with Crippen molar-refractivity contribution in [3.8, 4) is 0 Å². The molecule has 1 unspecified atom stereocenters. The van der Waals surface area contributed by atoms with Crippen LogP contribution in [-0.4, -0.2) is 49.9 Å². The quantitative estimate of drug-likeness (QED) is 0.871. The Labute approximate surface area is 122 Å². The molecule has 0 aliphatic carbocycles. The summed E-state index contributed by atoms with van der Waals surface area (Å²) in [5.74, 6) is 1.06. The molecule has 0 bridgehead atoms. The van der Waals surface area contributed by atoms with Gasteiger partial charge < -0.3 is 9.84 Å². The second-order valence-electron chi connectivity index (χ2n) is 5.26. The molecule has 1 fully saturated rings. The van der Waals surface area contributed by atoms with Crippen LogP contribution in [0.15, 0.2) is 23.2 Å². The Bertz CT molecular complexity index is 594. The third-order valence-corrected chi connectivity index (χ3v) is 3.61. The van der Waals surface area contributed by atoms with E-state index in [1.165, 1.54) is 6.33 Å². The summed E-state index contributed by atoms with van der Waals surface area (Å²) in [6.45, 7) is 3.82. The van der Waals surface area contributed by atoms with Gasteiger partial charge in [0.1, 0.15) is 18.4 Å². The first kappa shape index (κ1) is 13.7. The highest BCUT2D eigenvalue weighted by molar-refractivity contribution is 5.91. The van der Waals surface area contributed by atoms with Crippen LogP contribution in [0.1, 0.15) is 18.6 Å². The first-order valence-corrected chi connectivity index (χ1v) is 7.00. The van der Waals surface area contributed by atoms with Gasteiger partial charge in [0.05, 0.1) is 13.1 Å². The lowest BCUT2D eigenvalue weighted by Gasteiger charge is -2.23. The Morgan fingerprint density at radius 2 is 2.48 bits per heavy atom. The van der Waals surface area contributed by atoms with Gasteiger partial charge in [-0.3, -0.25) is 14.4 Å². The summed E-state index contributed by atoms with van der Waals surface area (Å²) >= 11 is 0. The van der Waals surface area contributed by atoms with Crippen molar-refractivity contribution in [3.05, 3.63) is 24.5 Å². The minimum absolute atomic E-state index is 0.0752. The number of aromatic nitrogens is 4. The van der Waals surface area contributed by atoms with Crippen molar-refractivity contribution in [1.82, 2.24) is 24.8 Å². The summed E-state index contributed by atoms with van der Waals surface area (Å²) in [5, 5.41) is 10.6. The van der Waals surface area contributed by atoms with E-state index in [4.69, 9.17) is 4.52 Å². The third kappa shape index (κ3) is 3.46. The van der Waals surface area contributed by atoms with Crippen LogP contribution in [0.25, 0.3) is 0 Å². The SMILES string of the molecule is Cc1cc(NC(=O)CN2CCCC2Cn2cncn2)no1. The number of hydrogen-bond acceptors (Lipinski definition) is 6. The Morgan fingerprint density at radius 1 is 1.57 bits per heavy atom. The smallest absolute Gasteiger partial charge is 0.239 e. The second-order valence-corrected chi connectivity index (χ2v) is 5.26. The molecule has 8 nitrogen and oxygen atoms in total. The van der Waals surface area contributed by atoms with E-state index in [1.54, 1.807) is 19.3 Å². The van der Waals surface area contributed by atoms with Crippen LogP contribution >= 0.6 is 0 Å². The van der Waals surface area contributed by atoms with E-state index < -0.39 is 0 Å². The molecule has 8 heteroatoms. The Morgan fingerprint density at radius 3 is 3.19 bits per heavy atom. The standard InChI is InChI=1S/C13H18N6O2/c1-10-5-12(17-21-10)16-13(20)7-18-4-2-3-11(18)6-19-9-14-8-15-19/h5,8-9,11H,2-4,6-7H2,1H3,(H,16,17,20). The number of rotatable bonds is 5. The van der Waals surface area contributed by atoms with E-state index in [1.807, 2.05) is 4.68 Å². The summed E-state index contributed by atoms with van der Waals surface area (Å²) in [4.78, 5) is 18.2. The summed E-state index contributed by atoms with van der Waals surface area (Å²) in [6.07, 6.45) is 5.39. The van der Waals surface area contributed by atoms with Gasteiger partial charge in [0.25, 0.3) is 0 Å². The largest absolute Gasteiger partial charge is 0.360 e. The maximum atomic E-state index is 12.1. The molecule has 1 atom stereocenters. The monoisotopic (exact) mass is 290 g/mol. The molecular formula is C13H18N6O2. The summed E-state index contributed by atoms with van der Waals surface area (Å²) in [6, 6.07) is 2.02. The van der Waals surface area contributed by atoms with Crippen molar-refractivity contribution in [1.29, 1.82) is 0 Å². The van der Waals surface area contributed by atoms with Gasteiger partial charge in [-0.2, -0.15) is 5.10 Å². The lowest BCUT2D eigenvalue weighted by atomic mass is 10.2. The van der Waals surface area contributed by atoms with Crippen LogP contribution in [0.4, 0.5) is 5.82 Å². The van der Waals surface area contributed by atoms with Gasteiger partial charge in [0.2, 0.25) is 5.91 Å². The van der Waals surface area contributed by atoms with Gasteiger partial charge in [-0.1, -0.05) is 5.16 Å². The zero-order valence-electron chi connectivity index (χ0n) is 11.9.